The number of carbonyl (C=O) groups is 1. The fraction of sp³-hybridized carbons (Fsp3) is 0.500. The Labute approximate surface area is 148 Å². The number of nitrogens with two attached hydrogens (primary N) is 1. The maximum absolute atomic E-state index is 12.0. The van der Waals surface area contributed by atoms with Gasteiger partial charge in [0.25, 0.3) is 0 Å². The highest BCUT2D eigenvalue weighted by atomic mass is 35.5. The van der Waals surface area contributed by atoms with Gasteiger partial charge in [0.05, 0.1) is 0 Å². The summed E-state index contributed by atoms with van der Waals surface area (Å²) in [6, 6.07) is 7.85. The van der Waals surface area contributed by atoms with E-state index in [1.54, 1.807) is 0 Å². The molecule has 8 heteroatoms. The molecule has 0 aliphatic heterocycles. The largest absolute Gasteiger partial charge is 0.350 e. The lowest BCUT2D eigenvalue weighted by Gasteiger charge is -2.15. The van der Waals surface area contributed by atoms with Crippen LogP contribution < -0.4 is 11.1 Å². The zero-order valence-electron chi connectivity index (χ0n) is 14.1. The van der Waals surface area contributed by atoms with Crippen molar-refractivity contribution < 1.29 is 4.79 Å². The van der Waals surface area contributed by atoms with Crippen molar-refractivity contribution >= 4 is 18.3 Å². The third-order valence-corrected chi connectivity index (χ3v) is 3.60. The van der Waals surface area contributed by atoms with Gasteiger partial charge in [-0.2, -0.15) is 4.80 Å². The van der Waals surface area contributed by atoms with Crippen LogP contribution in [0.5, 0.6) is 0 Å². The Balaban J connectivity index is 0.00000288. The molecule has 1 unspecified atom stereocenters. The number of unbranched alkanes of at least 4 members (excludes halogenated alkanes) is 1. The number of aromatic nitrogens is 4. The number of tetrazole rings is 1. The first-order valence-electron chi connectivity index (χ1n) is 7.96. The van der Waals surface area contributed by atoms with E-state index >= 15 is 0 Å². The lowest BCUT2D eigenvalue weighted by molar-refractivity contribution is -0.122. The van der Waals surface area contributed by atoms with E-state index in [0.717, 1.165) is 24.8 Å². The quantitative estimate of drug-likeness (QED) is 0.753. The van der Waals surface area contributed by atoms with E-state index in [1.807, 2.05) is 31.2 Å². The average Bonchev–Trinajstić information content (AvgIpc) is 3.00. The van der Waals surface area contributed by atoms with E-state index in [1.165, 1.54) is 10.4 Å². The molecule has 3 N–H and O–H groups in total. The smallest absolute Gasteiger partial charge is 0.243 e. The summed E-state index contributed by atoms with van der Waals surface area (Å²) in [5, 5.41) is 15.1. The SMILES string of the molecule is CCCCC(CN)NC(=O)Cn1nnc(-c2ccc(C)cc2)n1.Cl. The van der Waals surface area contributed by atoms with Crippen LogP contribution >= 0.6 is 12.4 Å². The first-order chi connectivity index (χ1) is 11.1. The maximum Gasteiger partial charge on any atom is 0.243 e. The molecule has 24 heavy (non-hydrogen) atoms. The molecule has 1 amide bonds. The van der Waals surface area contributed by atoms with Crippen molar-refractivity contribution in [2.75, 3.05) is 6.54 Å². The summed E-state index contributed by atoms with van der Waals surface area (Å²) in [5.41, 5.74) is 7.73. The van der Waals surface area contributed by atoms with E-state index in [-0.39, 0.29) is 30.9 Å². The van der Waals surface area contributed by atoms with Crippen molar-refractivity contribution in [2.45, 2.75) is 45.7 Å². The molecule has 1 aromatic carbocycles. The number of hydrogen-bond donors (Lipinski definition) is 2. The topological polar surface area (TPSA) is 98.7 Å². The van der Waals surface area contributed by atoms with Crippen LogP contribution in [0.4, 0.5) is 0 Å². The summed E-state index contributed by atoms with van der Waals surface area (Å²) in [6.07, 6.45) is 3.01. The summed E-state index contributed by atoms with van der Waals surface area (Å²) in [5.74, 6) is 0.364. The molecule has 0 spiro atoms. The summed E-state index contributed by atoms with van der Waals surface area (Å²) in [7, 11) is 0. The second-order valence-corrected chi connectivity index (χ2v) is 5.65. The first-order valence-corrected chi connectivity index (χ1v) is 7.96. The number of nitrogens with zero attached hydrogens (tertiary/aromatic N) is 4. The van der Waals surface area contributed by atoms with E-state index in [0.29, 0.717) is 12.4 Å². The normalized spacial score (nSPS) is 11.6. The van der Waals surface area contributed by atoms with Gasteiger partial charge in [-0.25, -0.2) is 0 Å². The number of hydrogen-bond acceptors (Lipinski definition) is 5. The molecule has 0 saturated heterocycles. The number of carbonyl (C=O) groups excluding carboxylic acids is 1. The molecular formula is C16H25ClN6O. The van der Waals surface area contributed by atoms with E-state index in [9.17, 15) is 4.79 Å². The van der Waals surface area contributed by atoms with Gasteiger partial charge in [0, 0.05) is 18.2 Å². The Morgan fingerprint density at radius 2 is 2.04 bits per heavy atom. The van der Waals surface area contributed by atoms with Gasteiger partial charge < -0.3 is 11.1 Å². The minimum absolute atomic E-state index is 0. The number of aryl methyl sites for hydroxylation is 1. The molecule has 0 radical (unpaired) electrons. The Morgan fingerprint density at radius 3 is 2.67 bits per heavy atom. The van der Waals surface area contributed by atoms with Crippen LogP contribution in [0.2, 0.25) is 0 Å². The minimum atomic E-state index is -0.149. The summed E-state index contributed by atoms with van der Waals surface area (Å²) in [6.45, 7) is 4.61. The van der Waals surface area contributed by atoms with Crippen LogP contribution in [0, 0.1) is 6.92 Å². The Kier molecular flexibility index (Phi) is 8.35. The van der Waals surface area contributed by atoms with Crippen molar-refractivity contribution in [3.05, 3.63) is 29.8 Å². The fourth-order valence-corrected chi connectivity index (χ4v) is 2.23. The molecule has 0 bridgehead atoms. The van der Waals surface area contributed by atoms with Crippen molar-refractivity contribution in [2.24, 2.45) is 5.73 Å². The number of rotatable bonds is 8. The van der Waals surface area contributed by atoms with Gasteiger partial charge in [-0.05, 0) is 18.6 Å². The van der Waals surface area contributed by atoms with E-state index in [4.69, 9.17) is 5.73 Å². The number of amides is 1. The van der Waals surface area contributed by atoms with Gasteiger partial charge >= 0.3 is 0 Å². The maximum atomic E-state index is 12.0. The molecular weight excluding hydrogens is 328 g/mol. The van der Waals surface area contributed by atoms with E-state index in [2.05, 4.69) is 27.7 Å². The summed E-state index contributed by atoms with van der Waals surface area (Å²) < 4.78 is 0. The molecule has 1 heterocycles. The molecule has 7 nitrogen and oxygen atoms in total. The third-order valence-electron chi connectivity index (χ3n) is 3.60. The fourth-order valence-electron chi connectivity index (χ4n) is 2.23. The van der Waals surface area contributed by atoms with Crippen LogP contribution in [0.3, 0.4) is 0 Å². The lowest BCUT2D eigenvalue weighted by Crippen LogP contribution is -2.41. The molecule has 132 valence electrons. The van der Waals surface area contributed by atoms with Gasteiger partial charge in [0.15, 0.2) is 0 Å². The molecule has 0 aliphatic carbocycles. The average molecular weight is 353 g/mol. The van der Waals surface area contributed by atoms with Crippen molar-refractivity contribution in [3.63, 3.8) is 0 Å². The van der Waals surface area contributed by atoms with E-state index < -0.39 is 0 Å². The van der Waals surface area contributed by atoms with Gasteiger partial charge in [-0.15, -0.1) is 22.6 Å². The molecule has 2 aromatic rings. The van der Waals surface area contributed by atoms with Gasteiger partial charge in [-0.3, -0.25) is 4.79 Å². The second-order valence-electron chi connectivity index (χ2n) is 5.65. The van der Waals surface area contributed by atoms with Crippen LogP contribution in [0.15, 0.2) is 24.3 Å². The molecule has 1 atom stereocenters. The second kappa shape index (κ2) is 10.00. The van der Waals surface area contributed by atoms with Crippen molar-refractivity contribution in [1.29, 1.82) is 0 Å². The highest BCUT2D eigenvalue weighted by Crippen LogP contribution is 2.13. The lowest BCUT2D eigenvalue weighted by atomic mass is 10.1. The summed E-state index contributed by atoms with van der Waals surface area (Å²) in [4.78, 5) is 13.3. The zero-order chi connectivity index (χ0) is 16.7. The Bertz CT molecular complexity index is 628. The zero-order valence-corrected chi connectivity index (χ0v) is 14.9. The van der Waals surface area contributed by atoms with Gasteiger partial charge in [0.1, 0.15) is 6.54 Å². The molecule has 0 saturated carbocycles. The van der Waals surface area contributed by atoms with Crippen molar-refractivity contribution in [3.8, 4) is 11.4 Å². The molecule has 2 rings (SSSR count). The van der Waals surface area contributed by atoms with Crippen LogP contribution in [-0.4, -0.2) is 38.7 Å². The van der Waals surface area contributed by atoms with Gasteiger partial charge in [-0.1, -0.05) is 49.6 Å². The van der Waals surface area contributed by atoms with Gasteiger partial charge in [0.2, 0.25) is 11.7 Å². The predicted octanol–water partition coefficient (Wildman–Crippen LogP) is 1.70. The molecule has 0 fully saturated rings. The predicted molar refractivity (Wildman–Crippen MR) is 95.7 cm³/mol. The summed E-state index contributed by atoms with van der Waals surface area (Å²) >= 11 is 0. The highest BCUT2D eigenvalue weighted by molar-refractivity contribution is 5.85. The first kappa shape index (κ1) is 20.1. The third kappa shape index (κ3) is 5.90. The number of halogens is 1. The van der Waals surface area contributed by atoms with Crippen molar-refractivity contribution in [1.82, 2.24) is 25.5 Å². The minimum Gasteiger partial charge on any atom is -0.350 e. The Hall–Kier alpha value is -1.99. The monoisotopic (exact) mass is 352 g/mol. The molecule has 1 aromatic heterocycles. The van der Waals surface area contributed by atoms with Crippen LogP contribution in [0.1, 0.15) is 31.7 Å². The Morgan fingerprint density at radius 1 is 1.33 bits per heavy atom. The number of nitrogens with one attached hydrogen (secondary N) is 1. The standard InChI is InChI=1S/C16H24N6O.ClH/c1-3-4-5-14(10-17)18-15(23)11-22-20-16(19-21-22)13-8-6-12(2)7-9-13;/h6-9,14H,3-5,10-11,17H2,1-2H3,(H,18,23);1H. The van der Waals surface area contributed by atoms with Crippen LogP contribution in [-0.2, 0) is 11.3 Å². The molecule has 0 aliphatic rings. The van der Waals surface area contributed by atoms with Crippen LogP contribution in [0.25, 0.3) is 11.4 Å². The highest BCUT2D eigenvalue weighted by Gasteiger charge is 2.13. The number of benzene rings is 1.